The van der Waals surface area contributed by atoms with Crippen LogP contribution in [0.4, 0.5) is 5.69 Å². The number of nitrogens with one attached hydrogen (secondary N) is 1. The third kappa shape index (κ3) is 5.34. The van der Waals surface area contributed by atoms with E-state index in [0.717, 1.165) is 34.4 Å². The van der Waals surface area contributed by atoms with Gasteiger partial charge in [-0.3, -0.25) is 4.79 Å². The summed E-state index contributed by atoms with van der Waals surface area (Å²) in [5, 5.41) is 11.6. The highest BCUT2D eigenvalue weighted by atomic mass is 16.5. The number of rotatable bonds is 7. The molecule has 26 heavy (non-hydrogen) atoms. The predicted molar refractivity (Wildman–Crippen MR) is 102 cm³/mol. The number of carbonyl (C=O) groups excluding carboxylic acids is 1. The number of aliphatic carboxylic acids is 1. The highest BCUT2D eigenvalue weighted by Crippen LogP contribution is 2.27. The van der Waals surface area contributed by atoms with Crippen LogP contribution in [0.15, 0.2) is 36.4 Å². The van der Waals surface area contributed by atoms with Crippen molar-refractivity contribution in [1.29, 1.82) is 0 Å². The fourth-order valence-electron chi connectivity index (χ4n) is 2.82. The van der Waals surface area contributed by atoms with Gasteiger partial charge in [-0.1, -0.05) is 32.0 Å². The van der Waals surface area contributed by atoms with Crippen LogP contribution in [0.5, 0.6) is 5.75 Å². The summed E-state index contributed by atoms with van der Waals surface area (Å²) in [7, 11) is 0. The Morgan fingerprint density at radius 3 is 2.46 bits per heavy atom. The molecule has 0 heterocycles. The minimum absolute atomic E-state index is 0.0764. The molecule has 5 heteroatoms. The summed E-state index contributed by atoms with van der Waals surface area (Å²) in [5.41, 5.74) is 5.31. The molecule has 0 radical (unpaired) electrons. The average molecular weight is 355 g/mol. The summed E-state index contributed by atoms with van der Waals surface area (Å²) >= 11 is 0. The third-order valence-electron chi connectivity index (χ3n) is 4.12. The maximum absolute atomic E-state index is 11.4. The van der Waals surface area contributed by atoms with Gasteiger partial charge in [-0.2, -0.15) is 0 Å². The summed E-state index contributed by atoms with van der Waals surface area (Å²) in [5.74, 6) is -0.220. The molecule has 0 fully saturated rings. The molecule has 0 aromatic heterocycles. The second-order valence-corrected chi connectivity index (χ2v) is 6.70. The zero-order valence-corrected chi connectivity index (χ0v) is 15.6. The molecular formula is C21H25NO4. The Labute approximate surface area is 154 Å². The molecule has 2 rings (SSSR count). The molecule has 0 aliphatic heterocycles. The second-order valence-electron chi connectivity index (χ2n) is 6.70. The normalized spacial score (nSPS) is 10.7. The molecule has 2 aromatic rings. The lowest BCUT2D eigenvalue weighted by atomic mass is 9.94. The van der Waals surface area contributed by atoms with Gasteiger partial charge in [-0.25, -0.2) is 4.79 Å². The van der Waals surface area contributed by atoms with Crippen LogP contribution in [0, 0.1) is 6.92 Å². The Morgan fingerprint density at radius 2 is 1.88 bits per heavy atom. The van der Waals surface area contributed by atoms with E-state index in [9.17, 15) is 9.59 Å². The summed E-state index contributed by atoms with van der Waals surface area (Å²) in [6.45, 7) is 7.35. The molecule has 1 amide bonds. The van der Waals surface area contributed by atoms with E-state index in [1.165, 1.54) is 6.92 Å². The monoisotopic (exact) mass is 355 g/mol. The minimum Gasteiger partial charge on any atom is -0.482 e. The SMILES string of the molecule is CC(=O)Nc1ccc(Cc2ccc(OCC(=O)O)cc2C)cc1C(C)C. The molecule has 0 aliphatic rings. The van der Waals surface area contributed by atoms with Gasteiger partial charge in [0.1, 0.15) is 5.75 Å². The number of anilines is 1. The first-order valence-electron chi connectivity index (χ1n) is 8.60. The Balaban J connectivity index is 2.21. The molecule has 0 saturated carbocycles. The largest absolute Gasteiger partial charge is 0.482 e. The molecule has 5 nitrogen and oxygen atoms in total. The summed E-state index contributed by atoms with van der Waals surface area (Å²) in [6, 6.07) is 11.7. The van der Waals surface area contributed by atoms with Gasteiger partial charge in [-0.05, 0) is 59.7 Å². The lowest BCUT2D eigenvalue weighted by molar-refractivity contribution is -0.139. The van der Waals surface area contributed by atoms with Crippen molar-refractivity contribution in [3.05, 3.63) is 58.7 Å². The van der Waals surface area contributed by atoms with Crippen LogP contribution in [0.2, 0.25) is 0 Å². The summed E-state index contributed by atoms with van der Waals surface area (Å²) < 4.78 is 5.22. The maximum Gasteiger partial charge on any atom is 0.341 e. The Morgan fingerprint density at radius 1 is 1.15 bits per heavy atom. The maximum atomic E-state index is 11.4. The zero-order chi connectivity index (χ0) is 19.3. The molecule has 0 saturated heterocycles. The topological polar surface area (TPSA) is 75.6 Å². The lowest BCUT2D eigenvalue weighted by Crippen LogP contribution is -2.10. The molecule has 0 unspecified atom stereocenters. The fourth-order valence-corrected chi connectivity index (χ4v) is 2.82. The van der Waals surface area contributed by atoms with Crippen LogP contribution < -0.4 is 10.1 Å². The molecule has 2 aromatic carbocycles. The first-order chi connectivity index (χ1) is 12.3. The average Bonchev–Trinajstić information content (AvgIpc) is 2.55. The van der Waals surface area contributed by atoms with Crippen molar-refractivity contribution >= 4 is 17.6 Å². The lowest BCUT2D eigenvalue weighted by Gasteiger charge is -2.16. The van der Waals surface area contributed by atoms with E-state index < -0.39 is 5.97 Å². The third-order valence-corrected chi connectivity index (χ3v) is 4.12. The minimum atomic E-state index is -0.993. The van der Waals surface area contributed by atoms with Gasteiger partial charge in [-0.15, -0.1) is 0 Å². The number of hydrogen-bond acceptors (Lipinski definition) is 3. The standard InChI is InChI=1S/C21H25NO4/c1-13(2)19-11-16(5-8-20(19)22-15(4)23)10-17-6-7-18(9-14(17)3)26-12-21(24)25/h5-9,11,13H,10,12H2,1-4H3,(H,22,23)(H,24,25). The van der Waals surface area contributed by atoms with Crippen molar-refractivity contribution < 1.29 is 19.4 Å². The van der Waals surface area contributed by atoms with Crippen LogP contribution in [-0.2, 0) is 16.0 Å². The molecule has 0 bridgehead atoms. The Hall–Kier alpha value is -2.82. The van der Waals surface area contributed by atoms with Crippen molar-refractivity contribution in [3.63, 3.8) is 0 Å². The molecule has 138 valence electrons. The van der Waals surface area contributed by atoms with Gasteiger partial charge in [0.05, 0.1) is 0 Å². The van der Waals surface area contributed by atoms with Crippen LogP contribution in [0.3, 0.4) is 0 Å². The number of benzene rings is 2. The van der Waals surface area contributed by atoms with Gasteiger partial charge < -0.3 is 15.2 Å². The van der Waals surface area contributed by atoms with Crippen molar-refractivity contribution in [2.75, 3.05) is 11.9 Å². The van der Waals surface area contributed by atoms with Gasteiger partial charge in [0.15, 0.2) is 6.61 Å². The van der Waals surface area contributed by atoms with E-state index in [-0.39, 0.29) is 12.5 Å². The first-order valence-corrected chi connectivity index (χ1v) is 8.60. The van der Waals surface area contributed by atoms with Gasteiger partial charge in [0, 0.05) is 12.6 Å². The highest BCUT2D eigenvalue weighted by Gasteiger charge is 2.11. The van der Waals surface area contributed by atoms with Gasteiger partial charge in [0.25, 0.3) is 0 Å². The Kier molecular flexibility index (Phi) is 6.39. The van der Waals surface area contributed by atoms with E-state index in [0.29, 0.717) is 11.7 Å². The van der Waals surface area contributed by atoms with Crippen molar-refractivity contribution in [2.24, 2.45) is 0 Å². The zero-order valence-electron chi connectivity index (χ0n) is 15.6. The fraction of sp³-hybridized carbons (Fsp3) is 0.333. The molecule has 0 atom stereocenters. The van der Waals surface area contributed by atoms with E-state index in [1.807, 2.05) is 31.2 Å². The van der Waals surface area contributed by atoms with Crippen molar-refractivity contribution in [1.82, 2.24) is 0 Å². The molecule has 2 N–H and O–H groups in total. The van der Waals surface area contributed by atoms with Crippen molar-refractivity contribution in [3.8, 4) is 5.75 Å². The van der Waals surface area contributed by atoms with Crippen LogP contribution in [0.25, 0.3) is 0 Å². The van der Waals surface area contributed by atoms with Gasteiger partial charge in [0.2, 0.25) is 5.91 Å². The molecule has 0 spiro atoms. The van der Waals surface area contributed by atoms with Crippen LogP contribution in [-0.4, -0.2) is 23.6 Å². The summed E-state index contributed by atoms with van der Waals surface area (Å²) in [4.78, 5) is 22.0. The first kappa shape index (κ1) is 19.5. The number of aryl methyl sites for hydroxylation is 1. The predicted octanol–water partition coefficient (Wildman–Crippen LogP) is 4.13. The number of carboxylic acids is 1. The van der Waals surface area contributed by atoms with E-state index in [1.54, 1.807) is 6.07 Å². The van der Waals surface area contributed by atoms with E-state index in [2.05, 4.69) is 25.2 Å². The number of carbonyl (C=O) groups is 2. The Bertz CT molecular complexity index is 812. The van der Waals surface area contributed by atoms with E-state index in [4.69, 9.17) is 9.84 Å². The van der Waals surface area contributed by atoms with Gasteiger partial charge >= 0.3 is 5.97 Å². The second kappa shape index (κ2) is 8.52. The number of hydrogen-bond donors (Lipinski definition) is 2. The van der Waals surface area contributed by atoms with Crippen LogP contribution in [0.1, 0.15) is 48.9 Å². The quantitative estimate of drug-likeness (QED) is 0.783. The van der Waals surface area contributed by atoms with Crippen LogP contribution >= 0.6 is 0 Å². The number of amides is 1. The number of carboxylic acid groups (broad SMARTS) is 1. The molecular weight excluding hydrogens is 330 g/mol. The molecule has 0 aliphatic carbocycles. The smallest absolute Gasteiger partial charge is 0.341 e. The number of ether oxygens (including phenoxy) is 1. The van der Waals surface area contributed by atoms with E-state index >= 15 is 0 Å². The summed E-state index contributed by atoms with van der Waals surface area (Å²) in [6.07, 6.45) is 0.755. The highest BCUT2D eigenvalue weighted by molar-refractivity contribution is 5.89. The van der Waals surface area contributed by atoms with Crippen molar-refractivity contribution in [2.45, 2.75) is 40.0 Å².